The number of aryl methyl sites for hydroxylation is 1. The lowest BCUT2D eigenvalue weighted by molar-refractivity contribution is -0.121. The molecule has 0 aromatic heterocycles. The molecule has 148 valence electrons. The number of anilines is 1. The zero-order valence-corrected chi connectivity index (χ0v) is 16.9. The van der Waals surface area contributed by atoms with E-state index < -0.39 is 0 Å². The van der Waals surface area contributed by atoms with E-state index in [2.05, 4.69) is 46.3 Å². The molecule has 3 rings (SSSR count). The van der Waals surface area contributed by atoms with Gasteiger partial charge in [0, 0.05) is 44.0 Å². The lowest BCUT2D eigenvalue weighted by Crippen LogP contribution is -2.52. The van der Waals surface area contributed by atoms with E-state index in [4.69, 9.17) is 0 Å². The van der Waals surface area contributed by atoms with Gasteiger partial charge in [-0.15, -0.1) is 0 Å². The third kappa shape index (κ3) is 5.27. The minimum atomic E-state index is -0.186. The number of nitrogens with one attached hydrogen (secondary N) is 1. The lowest BCUT2D eigenvalue weighted by Gasteiger charge is -2.37. The first-order chi connectivity index (χ1) is 13.4. The van der Waals surface area contributed by atoms with Crippen molar-refractivity contribution in [3.8, 4) is 0 Å². The van der Waals surface area contributed by atoms with Crippen molar-refractivity contribution in [1.82, 2.24) is 9.80 Å². The summed E-state index contributed by atoms with van der Waals surface area (Å²) in [4.78, 5) is 28.6. The van der Waals surface area contributed by atoms with E-state index in [0.717, 1.165) is 38.4 Å². The predicted octanol–water partition coefficient (Wildman–Crippen LogP) is 3.34. The number of ketones is 1. The number of hydrogen-bond acceptors (Lipinski definition) is 4. The Balaban J connectivity index is 1.49. The first-order valence-corrected chi connectivity index (χ1v) is 9.86. The highest BCUT2D eigenvalue weighted by atomic mass is 16.2. The summed E-state index contributed by atoms with van der Waals surface area (Å²) in [5.41, 5.74) is 4.00. The Morgan fingerprint density at radius 2 is 1.71 bits per heavy atom. The molecule has 5 heteroatoms. The van der Waals surface area contributed by atoms with Crippen molar-refractivity contribution in [3.63, 3.8) is 0 Å². The van der Waals surface area contributed by atoms with Crippen LogP contribution in [-0.4, -0.2) is 53.7 Å². The van der Waals surface area contributed by atoms with Crippen LogP contribution in [0.1, 0.15) is 35.3 Å². The van der Waals surface area contributed by atoms with E-state index in [1.807, 2.05) is 6.92 Å². The quantitative estimate of drug-likeness (QED) is 0.782. The fourth-order valence-electron chi connectivity index (χ4n) is 3.58. The van der Waals surface area contributed by atoms with Crippen molar-refractivity contribution in [2.45, 2.75) is 33.4 Å². The molecule has 0 radical (unpaired) electrons. The van der Waals surface area contributed by atoms with Crippen molar-refractivity contribution < 1.29 is 9.59 Å². The molecular formula is C23H29N3O2. The number of carbonyl (C=O) groups is 2. The minimum absolute atomic E-state index is 0.0114. The summed E-state index contributed by atoms with van der Waals surface area (Å²) >= 11 is 0. The molecule has 0 bridgehead atoms. The van der Waals surface area contributed by atoms with Gasteiger partial charge in [-0.05, 0) is 50.6 Å². The standard InChI is InChI=1S/C23H29N3O2/c1-17-5-4-6-20(15-17)16-25-11-13-26(14-12-25)18(2)23(28)24-22-9-7-21(8-10-22)19(3)27/h4-10,15,18H,11-14,16H2,1-3H3,(H,24,28)/t18-/m1/s1. The number of Topliss-reactive ketones (excluding diaryl/α,β-unsaturated/α-hetero) is 1. The van der Waals surface area contributed by atoms with Crippen molar-refractivity contribution in [3.05, 3.63) is 65.2 Å². The van der Waals surface area contributed by atoms with Crippen LogP contribution in [0.25, 0.3) is 0 Å². The van der Waals surface area contributed by atoms with Gasteiger partial charge >= 0.3 is 0 Å². The molecule has 0 unspecified atom stereocenters. The van der Waals surface area contributed by atoms with Gasteiger partial charge < -0.3 is 5.32 Å². The van der Waals surface area contributed by atoms with Crippen LogP contribution in [0.15, 0.2) is 48.5 Å². The van der Waals surface area contributed by atoms with Crippen LogP contribution < -0.4 is 5.32 Å². The maximum Gasteiger partial charge on any atom is 0.241 e. The molecule has 1 N–H and O–H groups in total. The smallest absolute Gasteiger partial charge is 0.241 e. The molecule has 2 aromatic carbocycles. The molecule has 1 aliphatic rings. The third-order valence-electron chi connectivity index (χ3n) is 5.38. The molecule has 0 spiro atoms. The molecule has 1 aliphatic heterocycles. The highest BCUT2D eigenvalue weighted by Gasteiger charge is 2.25. The number of piperazine rings is 1. The summed E-state index contributed by atoms with van der Waals surface area (Å²) in [6, 6.07) is 15.5. The lowest BCUT2D eigenvalue weighted by atomic mass is 10.1. The number of amides is 1. The Bertz CT molecular complexity index is 824. The number of nitrogens with zero attached hydrogens (tertiary/aromatic N) is 2. The Hall–Kier alpha value is -2.50. The van der Waals surface area contributed by atoms with E-state index in [1.165, 1.54) is 18.1 Å². The summed E-state index contributed by atoms with van der Waals surface area (Å²) in [7, 11) is 0. The average Bonchev–Trinajstić information content (AvgIpc) is 2.68. The molecule has 1 saturated heterocycles. The average molecular weight is 380 g/mol. The summed E-state index contributed by atoms with van der Waals surface area (Å²) in [6.45, 7) is 10.2. The fourth-order valence-corrected chi connectivity index (χ4v) is 3.58. The summed E-state index contributed by atoms with van der Waals surface area (Å²) in [5, 5.41) is 2.96. The second-order valence-corrected chi connectivity index (χ2v) is 7.60. The molecule has 1 atom stereocenters. The molecule has 0 aliphatic carbocycles. The fraction of sp³-hybridized carbons (Fsp3) is 0.391. The minimum Gasteiger partial charge on any atom is -0.325 e. The van der Waals surface area contributed by atoms with Crippen molar-refractivity contribution in [2.75, 3.05) is 31.5 Å². The van der Waals surface area contributed by atoms with E-state index in [0.29, 0.717) is 5.56 Å². The summed E-state index contributed by atoms with van der Waals surface area (Å²) in [5.74, 6) is 0.0116. The zero-order valence-electron chi connectivity index (χ0n) is 16.9. The van der Waals surface area contributed by atoms with Gasteiger partial charge in [-0.1, -0.05) is 29.8 Å². The Kier molecular flexibility index (Phi) is 6.60. The second-order valence-electron chi connectivity index (χ2n) is 7.60. The Morgan fingerprint density at radius 1 is 1.04 bits per heavy atom. The van der Waals surface area contributed by atoms with Crippen LogP contribution in [0.2, 0.25) is 0 Å². The highest BCUT2D eigenvalue weighted by Crippen LogP contribution is 2.14. The maximum absolute atomic E-state index is 12.6. The van der Waals surface area contributed by atoms with Gasteiger partial charge in [0.2, 0.25) is 5.91 Å². The van der Waals surface area contributed by atoms with E-state index >= 15 is 0 Å². The normalized spacial score (nSPS) is 16.5. The number of hydrogen-bond donors (Lipinski definition) is 1. The molecule has 0 saturated carbocycles. The molecule has 2 aromatic rings. The van der Waals surface area contributed by atoms with Crippen LogP contribution in [-0.2, 0) is 11.3 Å². The number of carbonyl (C=O) groups excluding carboxylic acids is 2. The van der Waals surface area contributed by atoms with Gasteiger partial charge in [0.1, 0.15) is 0 Å². The Labute approximate surface area is 167 Å². The first-order valence-electron chi connectivity index (χ1n) is 9.86. The van der Waals surface area contributed by atoms with Gasteiger partial charge in [-0.2, -0.15) is 0 Å². The zero-order chi connectivity index (χ0) is 20.1. The van der Waals surface area contributed by atoms with Crippen molar-refractivity contribution >= 4 is 17.4 Å². The summed E-state index contributed by atoms with van der Waals surface area (Å²) in [6.07, 6.45) is 0. The predicted molar refractivity (Wildman–Crippen MR) is 113 cm³/mol. The van der Waals surface area contributed by atoms with Gasteiger partial charge in [-0.25, -0.2) is 0 Å². The van der Waals surface area contributed by atoms with Crippen LogP contribution >= 0.6 is 0 Å². The SMILES string of the molecule is CC(=O)c1ccc(NC(=O)[C@@H](C)N2CCN(Cc3cccc(C)c3)CC2)cc1. The third-order valence-corrected chi connectivity index (χ3v) is 5.38. The Morgan fingerprint density at radius 3 is 2.32 bits per heavy atom. The van der Waals surface area contributed by atoms with Gasteiger partial charge in [0.05, 0.1) is 6.04 Å². The van der Waals surface area contributed by atoms with Crippen LogP contribution in [0, 0.1) is 6.92 Å². The topological polar surface area (TPSA) is 52.7 Å². The largest absolute Gasteiger partial charge is 0.325 e. The van der Waals surface area contributed by atoms with Gasteiger partial charge in [0.25, 0.3) is 0 Å². The number of rotatable bonds is 6. The van der Waals surface area contributed by atoms with Crippen LogP contribution in [0.3, 0.4) is 0 Å². The van der Waals surface area contributed by atoms with Crippen LogP contribution in [0.5, 0.6) is 0 Å². The molecule has 1 heterocycles. The monoisotopic (exact) mass is 379 g/mol. The van der Waals surface area contributed by atoms with Gasteiger partial charge in [-0.3, -0.25) is 19.4 Å². The molecule has 5 nitrogen and oxygen atoms in total. The highest BCUT2D eigenvalue weighted by molar-refractivity contribution is 5.96. The van der Waals surface area contributed by atoms with E-state index in [-0.39, 0.29) is 17.7 Å². The number of benzene rings is 2. The van der Waals surface area contributed by atoms with E-state index in [9.17, 15) is 9.59 Å². The van der Waals surface area contributed by atoms with Crippen molar-refractivity contribution in [1.29, 1.82) is 0 Å². The molecule has 1 fully saturated rings. The van der Waals surface area contributed by atoms with Crippen LogP contribution in [0.4, 0.5) is 5.69 Å². The maximum atomic E-state index is 12.6. The molecular weight excluding hydrogens is 350 g/mol. The van der Waals surface area contributed by atoms with Crippen molar-refractivity contribution in [2.24, 2.45) is 0 Å². The second kappa shape index (κ2) is 9.13. The first kappa shape index (κ1) is 20.2. The summed E-state index contributed by atoms with van der Waals surface area (Å²) < 4.78 is 0. The van der Waals surface area contributed by atoms with E-state index in [1.54, 1.807) is 24.3 Å². The molecule has 28 heavy (non-hydrogen) atoms. The van der Waals surface area contributed by atoms with Gasteiger partial charge in [0.15, 0.2) is 5.78 Å². The molecule has 1 amide bonds.